The zero-order valence-electron chi connectivity index (χ0n) is 10.2. The van der Waals surface area contributed by atoms with E-state index in [2.05, 4.69) is 28.3 Å². The topological polar surface area (TPSA) is 38.0 Å². The Balaban J connectivity index is 2.66. The summed E-state index contributed by atoms with van der Waals surface area (Å²) in [5.41, 5.74) is 3.34. The Morgan fingerprint density at radius 2 is 2.12 bits per heavy atom. The fourth-order valence-electron chi connectivity index (χ4n) is 1.93. The molecule has 96 valence electrons. The van der Waals surface area contributed by atoms with Crippen LogP contribution in [0.4, 0.5) is 4.39 Å². The van der Waals surface area contributed by atoms with Gasteiger partial charge in [-0.2, -0.15) is 0 Å². The Labute approximate surface area is 111 Å². The van der Waals surface area contributed by atoms with E-state index in [4.69, 9.17) is 5.84 Å². The minimum atomic E-state index is -0.210. The van der Waals surface area contributed by atoms with Crippen LogP contribution in [0.25, 0.3) is 0 Å². The zero-order chi connectivity index (χ0) is 12.7. The molecule has 0 heterocycles. The van der Waals surface area contributed by atoms with Gasteiger partial charge in [-0.3, -0.25) is 11.3 Å². The van der Waals surface area contributed by atoms with E-state index in [0.717, 1.165) is 17.3 Å². The van der Waals surface area contributed by atoms with Crippen LogP contribution < -0.4 is 11.3 Å². The van der Waals surface area contributed by atoms with Gasteiger partial charge in [0.05, 0.1) is 0 Å². The van der Waals surface area contributed by atoms with Crippen LogP contribution in [0.5, 0.6) is 0 Å². The molecule has 17 heavy (non-hydrogen) atoms. The number of nitrogens with one attached hydrogen (secondary N) is 1. The van der Waals surface area contributed by atoms with E-state index in [1.54, 1.807) is 6.07 Å². The van der Waals surface area contributed by atoms with Gasteiger partial charge in [-0.05, 0) is 18.6 Å². The van der Waals surface area contributed by atoms with Crippen molar-refractivity contribution >= 4 is 15.9 Å². The molecule has 0 aliphatic heterocycles. The predicted octanol–water partition coefficient (Wildman–Crippen LogP) is 4.06. The molecule has 3 N–H and O–H groups in total. The number of benzene rings is 1. The number of unbranched alkanes of at least 4 members (excludes halogenated alkanes) is 3. The Hall–Kier alpha value is -0.450. The minimum Gasteiger partial charge on any atom is -0.271 e. The molecule has 1 aromatic rings. The Kier molecular flexibility index (Phi) is 6.70. The second-order valence-corrected chi connectivity index (χ2v) is 5.06. The van der Waals surface area contributed by atoms with Crippen molar-refractivity contribution in [1.29, 1.82) is 0 Å². The van der Waals surface area contributed by atoms with Crippen molar-refractivity contribution in [2.45, 2.75) is 45.1 Å². The van der Waals surface area contributed by atoms with Crippen LogP contribution in [0.3, 0.4) is 0 Å². The third kappa shape index (κ3) is 4.37. The third-order valence-corrected chi connectivity index (χ3v) is 3.59. The van der Waals surface area contributed by atoms with Crippen molar-refractivity contribution in [2.24, 2.45) is 5.84 Å². The minimum absolute atomic E-state index is 0.123. The van der Waals surface area contributed by atoms with Gasteiger partial charge in [-0.1, -0.05) is 54.6 Å². The summed E-state index contributed by atoms with van der Waals surface area (Å²) in [4.78, 5) is 0. The Morgan fingerprint density at radius 3 is 2.71 bits per heavy atom. The SMILES string of the molecule is CCCCCCC(NN)c1c(F)cccc1Br. The molecule has 4 heteroatoms. The standard InChI is InChI=1S/C13H20BrFN2/c1-2-3-4-5-9-12(17-16)13-10(14)7-6-8-11(13)15/h6-8,12,17H,2-5,9,16H2,1H3. The molecule has 0 aliphatic carbocycles. The number of nitrogens with two attached hydrogens (primary N) is 1. The van der Waals surface area contributed by atoms with Gasteiger partial charge in [-0.15, -0.1) is 0 Å². The van der Waals surface area contributed by atoms with E-state index in [0.29, 0.717) is 5.56 Å². The van der Waals surface area contributed by atoms with E-state index in [1.807, 2.05) is 6.07 Å². The molecule has 2 nitrogen and oxygen atoms in total. The fraction of sp³-hybridized carbons (Fsp3) is 0.538. The number of hydrogen-bond donors (Lipinski definition) is 2. The molecule has 1 rings (SSSR count). The van der Waals surface area contributed by atoms with Gasteiger partial charge in [0.15, 0.2) is 0 Å². The average Bonchev–Trinajstić information content (AvgIpc) is 2.31. The van der Waals surface area contributed by atoms with Crippen molar-refractivity contribution in [3.8, 4) is 0 Å². The largest absolute Gasteiger partial charge is 0.271 e. The second-order valence-electron chi connectivity index (χ2n) is 4.20. The van der Waals surface area contributed by atoms with Gasteiger partial charge >= 0.3 is 0 Å². The highest BCUT2D eigenvalue weighted by molar-refractivity contribution is 9.10. The first-order valence-corrected chi connectivity index (χ1v) is 6.90. The summed E-state index contributed by atoms with van der Waals surface area (Å²) in [6.07, 6.45) is 5.50. The molecular weight excluding hydrogens is 283 g/mol. The molecule has 1 aromatic carbocycles. The molecule has 0 saturated carbocycles. The predicted molar refractivity (Wildman–Crippen MR) is 72.9 cm³/mol. The maximum atomic E-state index is 13.7. The molecule has 1 atom stereocenters. The van der Waals surface area contributed by atoms with Crippen LogP contribution in [-0.4, -0.2) is 0 Å². The van der Waals surface area contributed by atoms with Gasteiger partial charge in [0.2, 0.25) is 0 Å². The second kappa shape index (κ2) is 7.80. The summed E-state index contributed by atoms with van der Waals surface area (Å²) in [5.74, 6) is 5.31. The molecule has 0 aromatic heterocycles. The maximum absolute atomic E-state index is 13.7. The summed E-state index contributed by atoms with van der Waals surface area (Å²) in [6, 6.07) is 4.88. The van der Waals surface area contributed by atoms with Crippen molar-refractivity contribution in [3.63, 3.8) is 0 Å². The third-order valence-electron chi connectivity index (χ3n) is 2.90. The van der Waals surface area contributed by atoms with Crippen molar-refractivity contribution in [1.82, 2.24) is 5.43 Å². The molecule has 0 radical (unpaired) electrons. The fourth-order valence-corrected chi connectivity index (χ4v) is 2.55. The van der Waals surface area contributed by atoms with Crippen molar-refractivity contribution in [3.05, 3.63) is 34.1 Å². The Bertz CT molecular complexity index is 324. The summed E-state index contributed by atoms with van der Waals surface area (Å²) in [7, 11) is 0. The number of hydrazine groups is 1. The summed E-state index contributed by atoms with van der Waals surface area (Å²) >= 11 is 3.38. The van der Waals surface area contributed by atoms with E-state index in [9.17, 15) is 4.39 Å². The first-order chi connectivity index (χ1) is 8.20. The smallest absolute Gasteiger partial charge is 0.129 e. The van der Waals surface area contributed by atoms with Gasteiger partial charge < -0.3 is 0 Å². The van der Waals surface area contributed by atoms with E-state index >= 15 is 0 Å². The monoisotopic (exact) mass is 302 g/mol. The van der Waals surface area contributed by atoms with Crippen molar-refractivity contribution < 1.29 is 4.39 Å². The molecular formula is C13H20BrFN2. The number of halogens is 2. The highest BCUT2D eigenvalue weighted by Gasteiger charge is 2.16. The molecule has 0 amide bonds. The lowest BCUT2D eigenvalue weighted by Gasteiger charge is -2.18. The molecule has 0 spiro atoms. The Morgan fingerprint density at radius 1 is 1.35 bits per heavy atom. The molecule has 0 bridgehead atoms. The van der Waals surface area contributed by atoms with Gasteiger partial charge in [0.25, 0.3) is 0 Å². The highest BCUT2D eigenvalue weighted by atomic mass is 79.9. The van der Waals surface area contributed by atoms with E-state index in [1.165, 1.54) is 25.3 Å². The van der Waals surface area contributed by atoms with Crippen LogP contribution in [0.2, 0.25) is 0 Å². The normalized spacial score (nSPS) is 12.7. The van der Waals surface area contributed by atoms with Crippen LogP contribution in [-0.2, 0) is 0 Å². The van der Waals surface area contributed by atoms with E-state index in [-0.39, 0.29) is 11.9 Å². The lowest BCUT2D eigenvalue weighted by atomic mass is 10.00. The van der Waals surface area contributed by atoms with Crippen LogP contribution >= 0.6 is 15.9 Å². The molecule has 0 fully saturated rings. The van der Waals surface area contributed by atoms with Gasteiger partial charge in [0.1, 0.15) is 5.82 Å². The first-order valence-electron chi connectivity index (χ1n) is 6.10. The number of hydrogen-bond acceptors (Lipinski definition) is 2. The van der Waals surface area contributed by atoms with Gasteiger partial charge in [0, 0.05) is 16.1 Å². The lowest BCUT2D eigenvalue weighted by Crippen LogP contribution is -2.29. The van der Waals surface area contributed by atoms with Crippen LogP contribution in [0, 0.1) is 5.82 Å². The maximum Gasteiger partial charge on any atom is 0.129 e. The average molecular weight is 303 g/mol. The molecule has 0 aliphatic rings. The summed E-state index contributed by atoms with van der Waals surface area (Å²) < 4.78 is 14.5. The quantitative estimate of drug-likeness (QED) is 0.453. The van der Waals surface area contributed by atoms with Crippen LogP contribution in [0.15, 0.2) is 22.7 Å². The first kappa shape index (κ1) is 14.6. The highest BCUT2D eigenvalue weighted by Crippen LogP contribution is 2.29. The summed E-state index contributed by atoms with van der Waals surface area (Å²) in [6.45, 7) is 2.17. The van der Waals surface area contributed by atoms with Crippen LogP contribution in [0.1, 0.15) is 50.6 Å². The zero-order valence-corrected chi connectivity index (χ0v) is 11.8. The summed E-state index contributed by atoms with van der Waals surface area (Å²) in [5, 5.41) is 0. The molecule has 1 unspecified atom stereocenters. The van der Waals surface area contributed by atoms with E-state index < -0.39 is 0 Å². The lowest BCUT2D eigenvalue weighted by molar-refractivity contribution is 0.459. The van der Waals surface area contributed by atoms with Gasteiger partial charge in [-0.25, -0.2) is 4.39 Å². The molecule has 0 saturated heterocycles. The number of rotatable bonds is 7. The van der Waals surface area contributed by atoms with Crippen molar-refractivity contribution in [2.75, 3.05) is 0 Å².